The number of carbonyl (C=O) groups is 1. The van der Waals surface area contributed by atoms with Crippen LogP contribution in [0.15, 0.2) is 24.3 Å². The van der Waals surface area contributed by atoms with Gasteiger partial charge in [0, 0.05) is 6.04 Å². The zero-order valence-corrected chi connectivity index (χ0v) is 11.1. The number of hydrogen-bond donors (Lipinski definition) is 0. The second-order valence-electron chi connectivity index (χ2n) is 4.79. The van der Waals surface area contributed by atoms with Crippen LogP contribution < -0.4 is 4.74 Å². The number of nitrogens with zero attached hydrogens (tertiary/aromatic N) is 2. The van der Waals surface area contributed by atoms with Gasteiger partial charge in [-0.2, -0.15) is 18.4 Å². The van der Waals surface area contributed by atoms with E-state index in [1.54, 1.807) is 0 Å². The largest absolute Gasteiger partial charge is 0.484 e. The van der Waals surface area contributed by atoms with Gasteiger partial charge in [0.2, 0.25) is 0 Å². The maximum absolute atomic E-state index is 12.4. The summed E-state index contributed by atoms with van der Waals surface area (Å²) in [6.45, 7) is -1.69. The van der Waals surface area contributed by atoms with Crippen LogP contribution in [0, 0.1) is 11.3 Å². The molecule has 0 aromatic heterocycles. The van der Waals surface area contributed by atoms with Crippen LogP contribution in [0.4, 0.5) is 13.2 Å². The molecule has 0 saturated heterocycles. The lowest BCUT2D eigenvalue weighted by molar-refractivity contribution is -0.163. The molecule has 1 aromatic carbocycles. The van der Waals surface area contributed by atoms with Crippen molar-refractivity contribution in [1.29, 1.82) is 5.26 Å². The fourth-order valence-corrected chi connectivity index (χ4v) is 1.85. The first-order chi connectivity index (χ1) is 9.89. The first-order valence-electron chi connectivity index (χ1n) is 6.38. The van der Waals surface area contributed by atoms with Gasteiger partial charge in [0.25, 0.3) is 5.91 Å². The lowest BCUT2D eigenvalue weighted by Gasteiger charge is -2.23. The molecule has 1 amide bonds. The van der Waals surface area contributed by atoms with Crippen molar-refractivity contribution in [3.8, 4) is 11.8 Å². The normalized spacial score (nSPS) is 14.4. The lowest BCUT2D eigenvalue weighted by Crippen LogP contribution is -2.42. The minimum Gasteiger partial charge on any atom is -0.484 e. The molecule has 1 aliphatic rings. The van der Waals surface area contributed by atoms with E-state index in [0.29, 0.717) is 24.2 Å². The van der Waals surface area contributed by atoms with Gasteiger partial charge in [0.05, 0.1) is 11.6 Å². The van der Waals surface area contributed by atoms with Gasteiger partial charge in [-0.3, -0.25) is 4.79 Å². The van der Waals surface area contributed by atoms with Crippen molar-refractivity contribution >= 4 is 5.91 Å². The Balaban J connectivity index is 1.91. The monoisotopic (exact) mass is 298 g/mol. The van der Waals surface area contributed by atoms with E-state index in [9.17, 15) is 18.0 Å². The molecule has 0 spiro atoms. The summed E-state index contributed by atoms with van der Waals surface area (Å²) in [4.78, 5) is 12.7. The van der Waals surface area contributed by atoms with Crippen LogP contribution in [0.5, 0.6) is 5.75 Å². The van der Waals surface area contributed by atoms with E-state index in [2.05, 4.69) is 0 Å². The summed E-state index contributed by atoms with van der Waals surface area (Å²) < 4.78 is 42.5. The number of amides is 1. The third-order valence-corrected chi connectivity index (χ3v) is 3.00. The van der Waals surface area contributed by atoms with Crippen molar-refractivity contribution in [3.05, 3.63) is 29.8 Å². The maximum atomic E-state index is 12.4. The van der Waals surface area contributed by atoms with E-state index in [0.717, 1.165) is 4.90 Å². The molecule has 0 unspecified atom stereocenters. The molecule has 0 aliphatic heterocycles. The molecule has 1 aromatic rings. The van der Waals surface area contributed by atoms with E-state index in [1.807, 2.05) is 6.07 Å². The number of carbonyl (C=O) groups excluding carboxylic acids is 1. The predicted molar refractivity (Wildman–Crippen MR) is 67.4 cm³/mol. The SMILES string of the molecule is N#Cc1ccc(OCC(=O)N(CC(F)(F)F)C2CC2)cc1. The highest BCUT2D eigenvalue weighted by atomic mass is 19.4. The molecule has 0 bridgehead atoms. The summed E-state index contributed by atoms with van der Waals surface area (Å²) >= 11 is 0. The van der Waals surface area contributed by atoms with Gasteiger partial charge in [-0.15, -0.1) is 0 Å². The Hall–Kier alpha value is -2.23. The van der Waals surface area contributed by atoms with Crippen LogP contribution in [-0.4, -0.2) is 36.2 Å². The van der Waals surface area contributed by atoms with Gasteiger partial charge in [0.1, 0.15) is 12.3 Å². The minimum absolute atomic E-state index is 0.330. The summed E-state index contributed by atoms with van der Waals surface area (Å²) in [6.07, 6.45) is -3.22. The number of nitriles is 1. The summed E-state index contributed by atoms with van der Waals surface area (Å²) in [5, 5.41) is 8.64. The molecule has 1 saturated carbocycles. The van der Waals surface area contributed by atoms with Crippen LogP contribution >= 0.6 is 0 Å². The van der Waals surface area contributed by atoms with Crippen LogP contribution in [0.2, 0.25) is 0 Å². The zero-order chi connectivity index (χ0) is 15.5. The summed E-state index contributed by atoms with van der Waals surface area (Å²) in [7, 11) is 0. The fourth-order valence-electron chi connectivity index (χ4n) is 1.85. The Labute approximate surface area is 119 Å². The van der Waals surface area contributed by atoms with Crippen LogP contribution in [-0.2, 0) is 4.79 Å². The predicted octanol–water partition coefficient (Wildman–Crippen LogP) is 2.49. The molecule has 0 heterocycles. The van der Waals surface area contributed by atoms with Gasteiger partial charge < -0.3 is 9.64 Å². The summed E-state index contributed by atoms with van der Waals surface area (Å²) in [6, 6.07) is 7.61. The first-order valence-corrected chi connectivity index (χ1v) is 6.38. The third kappa shape index (κ3) is 4.67. The fraction of sp³-hybridized carbons (Fsp3) is 0.429. The molecule has 7 heteroatoms. The van der Waals surface area contributed by atoms with E-state index >= 15 is 0 Å². The summed E-state index contributed by atoms with van der Waals surface area (Å²) in [5.41, 5.74) is 0.436. The standard InChI is InChI=1S/C14H13F3N2O2/c15-14(16,17)9-19(11-3-4-11)13(20)8-21-12-5-1-10(7-18)2-6-12/h1-2,5-6,11H,3-4,8-9H2. The van der Waals surface area contributed by atoms with Crippen LogP contribution in [0.25, 0.3) is 0 Å². The number of hydrogen-bond acceptors (Lipinski definition) is 3. The van der Waals surface area contributed by atoms with E-state index in [4.69, 9.17) is 10.00 Å². The van der Waals surface area contributed by atoms with Gasteiger partial charge in [0.15, 0.2) is 6.61 Å². The minimum atomic E-state index is -4.41. The zero-order valence-electron chi connectivity index (χ0n) is 11.1. The highest BCUT2D eigenvalue weighted by Crippen LogP contribution is 2.30. The Kier molecular flexibility index (Phi) is 4.36. The van der Waals surface area contributed by atoms with Gasteiger partial charge in [-0.1, -0.05) is 0 Å². The van der Waals surface area contributed by atoms with Gasteiger partial charge >= 0.3 is 6.18 Å². The Morgan fingerprint density at radius 1 is 1.33 bits per heavy atom. The smallest absolute Gasteiger partial charge is 0.406 e. The molecule has 112 valence electrons. The van der Waals surface area contributed by atoms with Crippen LogP contribution in [0.3, 0.4) is 0 Å². The topological polar surface area (TPSA) is 53.3 Å². The van der Waals surface area contributed by atoms with Crippen molar-refractivity contribution in [2.45, 2.75) is 25.1 Å². The Morgan fingerprint density at radius 3 is 2.43 bits per heavy atom. The number of ether oxygens (including phenoxy) is 1. The molecule has 0 radical (unpaired) electrons. The van der Waals surface area contributed by atoms with Gasteiger partial charge in [-0.25, -0.2) is 0 Å². The molecule has 1 fully saturated rings. The number of halogens is 3. The number of benzene rings is 1. The number of rotatable bonds is 5. The molecule has 2 rings (SSSR count). The van der Waals surface area contributed by atoms with Gasteiger partial charge in [-0.05, 0) is 37.1 Å². The average Bonchev–Trinajstić information content (AvgIpc) is 3.26. The van der Waals surface area contributed by atoms with E-state index in [1.165, 1.54) is 24.3 Å². The Bertz CT molecular complexity index is 545. The molecular weight excluding hydrogens is 285 g/mol. The molecule has 1 aliphatic carbocycles. The average molecular weight is 298 g/mol. The molecule has 4 nitrogen and oxygen atoms in total. The van der Waals surface area contributed by atoms with Crippen molar-refractivity contribution in [3.63, 3.8) is 0 Å². The molecular formula is C14H13F3N2O2. The first kappa shape index (κ1) is 15.2. The molecule has 21 heavy (non-hydrogen) atoms. The van der Waals surface area contributed by atoms with Crippen molar-refractivity contribution in [2.75, 3.05) is 13.2 Å². The third-order valence-electron chi connectivity index (χ3n) is 3.00. The van der Waals surface area contributed by atoms with Crippen LogP contribution in [0.1, 0.15) is 18.4 Å². The second-order valence-corrected chi connectivity index (χ2v) is 4.79. The van der Waals surface area contributed by atoms with Crippen molar-refractivity contribution in [2.24, 2.45) is 0 Å². The highest BCUT2D eigenvalue weighted by molar-refractivity contribution is 5.78. The van der Waals surface area contributed by atoms with Crippen molar-refractivity contribution in [1.82, 2.24) is 4.90 Å². The lowest BCUT2D eigenvalue weighted by atomic mass is 10.2. The number of alkyl halides is 3. The second kappa shape index (κ2) is 6.04. The van der Waals surface area contributed by atoms with E-state index < -0.39 is 25.2 Å². The molecule has 0 N–H and O–H groups in total. The van der Waals surface area contributed by atoms with E-state index in [-0.39, 0.29) is 6.04 Å². The maximum Gasteiger partial charge on any atom is 0.406 e. The quantitative estimate of drug-likeness (QED) is 0.839. The van der Waals surface area contributed by atoms with Crippen molar-refractivity contribution < 1.29 is 22.7 Å². The molecule has 0 atom stereocenters. The highest BCUT2D eigenvalue weighted by Gasteiger charge is 2.40. The summed E-state index contributed by atoms with van der Waals surface area (Å²) in [5.74, 6) is -0.343. The Morgan fingerprint density at radius 2 is 1.95 bits per heavy atom.